The number of fused-ring (bicyclic) bond motifs is 1. The predicted octanol–water partition coefficient (Wildman–Crippen LogP) is 2.50. The second-order valence-corrected chi connectivity index (χ2v) is 5.73. The van der Waals surface area contributed by atoms with Crippen LogP contribution >= 0.6 is 15.9 Å². The van der Waals surface area contributed by atoms with Crippen LogP contribution in [0.1, 0.15) is 23.0 Å². The Kier molecular flexibility index (Phi) is 5.05. The molecule has 3 amide bonds. The first kappa shape index (κ1) is 17.0. The summed E-state index contributed by atoms with van der Waals surface area (Å²) in [6.45, 7) is 3.09. The monoisotopic (exact) mass is 382 g/mol. The SMILES string of the molecule is CNC(=O)NC(=O)[C@@H](C)OC(=O)c1oc2ccc(Br)cc2c1C. The zero-order valence-electron chi connectivity index (χ0n) is 12.7. The lowest BCUT2D eigenvalue weighted by atomic mass is 10.1. The Morgan fingerprint density at radius 1 is 1.30 bits per heavy atom. The number of nitrogens with one attached hydrogen (secondary N) is 2. The van der Waals surface area contributed by atoms with Crippen LogP contribution in [0.5, 0.6) is 0 Å². The molecule has 0 radical (unpaired) electrons. The number of ether oxygens (including phenoxy) is 1. The van der Waals surface area contributed by atoms with E-state index in [1.54, 1.807) is 19.1 Å². The van der Waals surface area contributed by atoms with Crippen molar-refractivity contribution in [3.63, 3.8) is 0 Å². The molecule has 0 aliphatic heterocycles. The van der Waals surface area contributed by atoms with Crippen molar-refractivity contribution in [1.82, 2.24) is 10.6 Å². The lowest BCUT2D eigenvalue weighted by molar-refractivity contribution is -0.128. The van der Waals surface area contributed by atoms with E-state index in [1.165, 1.54) is 14.0 Å². The van der Waals surface area contributed by atoms with Gasteiger partial charge in [0, 0.05) is 22.5 Å². The van der Waals surface area contributed by atoms with E-state index in [1.807, 2.05) is 11.4 Å². The number of halogens is 1. The molecule has 2 N–H and O–H groups in total. The number of rotatable bonds is 3. The fourth-order valence-corrected chi connectivity index (χ4v) is 2.29. The fraction of sp³-hybridized carbons (Fsp3) is 0.267. The molecule has 0 aliphatic carbocycles. The van der Waals surface area contributed by atoms with Crippen molar-refractivity contribution in [3.8, 4) is 0 Å². The van der Waals surface area contributed by atoms with Crippen LogP contribution in [0.2, 0.25) is 0 Å². The van der Waals surface area contributed by atoms with Gasteiger partial charge >= 0.3 is 12.0 Å². The molecule has 0 saturated heterocycles. The third-order valence-electron chi connectivity index (χ3n) is 3.20. The van der Waals surface area contributed by atoms with Gasteiger partial charge in [0.2, 0.25) is 5.76 Å². The van der Waals surface area contributed by atoms with E-state index >= 15 is 0 Å². The van der Waals surface area contributed by atoms with Gasteiger partial charge in [-0.3, -0.25) is 10.1 Å². The van der Waals surface area contributed by atoms with Crippen molar-refractivity contribution < 1.29 is 23.5 Å². The molecule has 0 spiro atoms. The maximum atomic E-state index is 12.2. The summed E-state index contributed by atoms with van der Waals surface area (Å²) < 4.78 is 11.4. The van der Waals surface area contributed by atoms with Crippen molar-refractivity contribution in [1.29, 1.82) is 0 Å². The minimum absolute atomic E-state index is 0.0256. The van der Waals surface area contributed by atoms with Crippen LogP contribution in [0, 0.1) is 6.92 Å². The first-order valence-corrected chi connectivity index (χ1v) is 7.55. The van der Waals surface area contributed by atoms with E-state index in [9.17, 15) is 14.4 Å². The highest BCUT2D eigenvalue weighted by atomic mass is 79.9. The maximum absolute atomic E-state index is 12.2. The van der Waals surface area contributed by atoms with Gasteiger partial charge in [0.05, 0.1) is 0 Å². The molecule has 23 heavy (non-hydrogen) atoms. The Bertz CT molecular complexity index is 784. The molecule has 1 atom stereocenters. The van der Waals surface area contributed by atoms with Gasteiger partial charge in [0.1, 0.15) is 5.58 Å². The summed E-state index contributed by atoms with van der Waals surface area (Å²) in [4.78, 5) is 35.0. The number of hydrogen-bond donors (Lipinski definition) is 2. The summed E-state index contributed by atoms with van der Waals surface area (Å²) in [6, 6.07) is 4.67. The number of hydrogen-bond acceptors (Lipinski definition) is 5. The summed E-state index contributed by atoms with van der Waals surface area (Å²) in [5, 5.41) is 5.04. The number of aryl methyl sites for hydroxylation is 1. The van der Waals surface area contributed by atoms with Gasteiger partial charge in [-0.05, 0) is 32.0 Å². The largest absolute Gasteiger partial charge is 0.449 e. The van der Waals surface area contributed by atoms with E-state index in [0.29, 0.717) is 11.1 Å². The van der Waals surface area contributed by atoms with Crippen LogP contribution in [-0.4, -0.2) is 31.1 Å². The van der Waals surface area contributed by atoms with Gasteiger partial charge in [-0.1, -0.05) is 15.9 Å². The molecule has 7 nitrogen and oxygen atoms in total. The molecule has 1 aromatic heterocycles. The van der Waals surface area contributed by atoms with Gasteiger partial charge in [-0.25, -0.2) is 9.59 Å². The highest BCUT2D eigenvalue weighted by Gasteiger charge is 2.25. The Morgan fingerprint density at radius 3 is 2.65 bits per heavy atom. The normalized spacial score (nSPS) is 11.8. The first-order valence-electron chi connectivity index (χ1n) is 6.75. The second kappa shape index (κ2) is 6.82. The highest BCUT2D eigenvalue weighted by molar-refractivity contribution is 9.10. The van der Waals surface area contributed by atoms with Crippen molar-refractivity contribution in [2.75, 3.05) is 7.05 Å². The molecule has 0 aliphatic rings. The van der Waals surface area contributed by atoms with Crippen LogP contribution in [-0.2, 0) is 9.53 Å². The summed E-state index contributed by atoms with van der Waals surface area (Å²) in [6.07, 6.45) is -1.14. The Morgan fingerprint density at radius 2 is 2.00 bits per heavy atom. The summed E-state index contributed by atoms with van der Waals surface area (Å²) in [5.74, 6) is -1.47. The molecule has 1 heterocycles. The van der Waals surface area contributed by atoms with Gasteiger partial charge in [0.15, 0.2) is 6.10 Å². The van der Waals surface area contributed by atoms with E-state index in [0.717, 1.165) is 9.86 Å². The smallest absolute Gasteiger partial charge is 0.375 e. The number of furan rings is 1. The average molecular weight is 383 g/mol. The predicted molar refractivity (Wildman–Crippen MR) is 86.1 cm³/mol. The maximum Gasteiger partial charge on any atom is 0.375 e. The molecule has 1 aromatic carbocycles. The minimum atomic E-state index is -1.14. The van der Waals surface area contributed by atoms with Crippen LogP contribution in [0.4, 0.5) is 4.79 Å². The lowest BCUT2D eigenvalue weighted by Crippen LogP contribution is -2.43. The zero-order chi connectivity index (χ0) is 17.1. The number of urea groups is 1. The van der Waals surface area contributed by atoms with E-state index in [4.69, 9.17) is 9.15 Å². The van der Waals surface area contributed by atoms with Crippen molar-refractivity contribution in [2.24, 2.45) is 0 Å². The number of imide groups is 1. The molecule has 122 valence electrons. The Labute approximate surface area is 140 Å². The highest BCUT2D eigenvalue weighted by Crippen LogP contribution is 2.28. The number of carbonyl (C=O) groups is 3. The summed E-state index contributed by atoms with van der Waals surface area (Å²) >= 11 is 3.35. The number of benzene rings is 1. The Hall–Kier alpha value is -2.35. The average Bonchev–Trinajstić information content (AvgIpc) is 2.83. The van der Waals surface area contributed by atoms with E-state index in [2.05, 4.69) is 21.2 Å². The van der Waals surface area contributed by atoms with Gasteiger partial charge in [-0.15, -0.1) is 0 Å². The van der Waals surface area contributed by atoms with Crippen LogP contribution in [0.3, 0.4) is 0 Å². The standard InChI is InChI=1S/C15H15BrN2O5/c1-7-10-6-9(16)4-5-11(10)23-12(7)14(20)22-8(2)13(19)18-15(21)17-3/h4-6,8H,1-3H3,(H2,17,18,19,21)/t8-/m1/s1. The van der Waals surface area contributed by atoms with E-state index < -0.39 is 24.0 Å². The van der Waals surface area contributed by atoms with Gasteiger partial charge < -0.3 is 14.5 Å². The topological polar surface area (TPSA) is 97.6 Å². The van der Waals surface area contributed by atoms with Crippen molar-refractivity contribution in [2.45, 2.75) is 20.0 Å². The second-order valence-electron chi connectivity index (χ2n) is 4.81. The molecule has 0 saturated carbocycles. The molecule has 0 unspecified atom stereocenters. The number of carbonyl (C=O) groups excluding carboxylic acids is 3. The summed E-state index contributed by atoms with van der Waals surface area (Å²) in [5.41, 5.74) is 1.16. The molecule has 8 heteroatoms. The van der Waals surface area contributed by atoms with Crippen molar-refractivity contribution in [3.05, 3.63) is 34.0 Å². The van der Waals surface area contributed by atoms with Crippen molar-refractivity contribution >= 4 is 44.8 Å². The third-order valence-corrected chi connectivity index (χ3v) is 3.69. The fourth-order valence-electron chi connectivity index (χ4n) is 1.93. The molecule has 2 rings (SSSR count). The number of esters is 1. The quantitative estimate of drug-likeness (QED) is 0.794. The van der Waals surface area contributed by atoms with Gasteiger partial charge in [-0.2, -0.15) is 0 Å². The molecular formula is C15H15BrN2O5. The van der Waals surface area contributed by atoms with Crippen LogP contribution in [0.15, 0.2) is 27.1 Å². The first-order chi connectivity index (χ1) is 10.8. The molecule has 0 fully saturated rings. The lowest BCUT2D eigenvalue weighted by Gasteiger charge is -2.11. The van der Waals surface area contributed by atoms with E-state index in [-0.39, 0.29) is 5.76 Å². The van der Waals surface area contributed by atoms with Crippen LogP contribution in [0.25, 0.3) is 11.0 Å². The molecular weight excluding hydrogens is 368 g/mol. The number of amides is 3. The zero-order valence-corrected chi connectivity index (χ0v) is 14.3. The Balaban J connectivity index is 2.16. The van der Waals surface area contributed by atoms with Gasteiger partial charge in [0.25, 0.3) is 5.91 Å². The molecule has 2 aromatic rings. The molecule has 0 bridgehead atoms. The van der Waals surface area contributed by atoms with Crippen LogP contribution < -0.4 is 10.6 Å². The minimum Gasteiger partial charge on any atom is -0.449 e. The summed E-state index contributed by atoms with van der Waals surface area (Å²) in [7, 11) is 1.37. The third kappa shape index (κ3) is 3.70.